The Hall–Kier alpha value is -3.51. The van der Waals surface area contributed by atoms with Gasteiger partial charge in [0.1, 0.15) is 18.1 Å². The number of amides is 3. The van der Waals surface area contributed by atoms with Gasteiger partial charge in [-0.15, -0.1) is 0 Å². The molecule has 0 spiro atoms. The number of aliphatic carboxylic acids is 2. The fourth-order valence-electron chi connectivity index (χ4n) is 3.02. The van der Waals surface area contributed by atoms with E-state index in [4.69, 9.17) is 10.8 Å². The molecule has 1 aromatic rings. The second kappa shape index (κ2) is 13.9. The highest BCUT2D eigenvalue weighted by molar-refractivity contribution is 5.95. The maximum absolute atomic E-state index is 13.0. The smallest absolute Gasteiger partial charge is 0.326 e. The van der Waals surface area contributed by atoms with Crippen LogP contribution in [0.1, 0.15) is 32.3 Å². The Morgan fingerprint density at radius 2 is 1.47 bits per heavy atom. The lowest BCUT2D eigenvalue weighted by molar-refractivity contribution is -0.143. The Labute approximate surface area is 196 Å². The summed E-state index contributed by atoms with van der Waals surface area (Å²) in [7, 11) is 0. The van der Waals surface area contributed by atoms with Crippen LogP contribution in [-0.2, 0) is 30.4 Å². The van der Waals surface area contributed by atoms with Crippen molar-refractivity contribution in [3.63, 3.8) is 0 Å². The molecule has 0 heterocycles. The number of aliphatic hydroxyl groups excluding tert-OH is 1. The Bertz CT molecular complexity index is 864. The highest BCUT2D eigenvalue weighted by Gasteiger charge is 2.32. The van der Waals surface area contributed by atoms with E-state index >= 15 is 0 Å². The van der Waals surface area contributed by atoms with E-state index in [0.29, 0.717) is 12.0 Å². The normalized spacial score (nSPS) is 15.2. The summed E-state index contributed by atoms with van der Waals surface area (Å²) in [5.41, 5.74) is 6.14. The summed E-state index contributed by atoms with van der Waals surface area (Å²) in [5, 5.41) is 34.8. The quantitative estimate of drug-likeness (QED) is 0.167. The third-order valence-electron chi connectivity index (χ3n) is 5.24. The maximum Gasteiger partial charge on any atom is 0.326 e. The number of nitrogens with one attached hydrogen (secondary N) is 3. The minimum absolute atomic E-state index is 0.00980. The van der Waals surface area contributed by atoms with Gasteiger partial charge in [0.15, 0.2) is 0 Å². The number of nitrogens with two attached hydrogens (primary N) is 1. The van der Waals surface area contributed by atoms with Crippen molar-refractivity contribution in [1.82, 2.24) is 16.0 Å². The average molecular weight is 481 g/mol. The van der Waals surface area contributed by atoms with Gasteiger partial charge < -0.3 is 37.0 Å². The third kappa shape index (κ3) is 9.16. The van der Waals surface area contributed by atoms with Crippen LogP contribution in [-0.4, -0.2) is 75.8 Å². The van der Waals surface area contributed by atoms with Gasteiger partial charge in [-0.1, -0.05) is 50.6 Å². The molecule has 8 N–H and O–H groups in total. The van der Waals surface area contributed by atoms with Gasteiger partial charge in [0.25, 0.3) is 0 Å². The van der Waals surface area contributed by atoms with Crippen molar-refractivity contribution in [3.05, 3.63) is 35.9 Å². The molecule has 3 amide bonds. The van der Waals surface area contributed by atoms with Crippen LogP contribution in [0.5, 0.6) is 0 Å². The molecule has 5 atom stereocenters. The van der Waals surface area contributed by atoms with E-state index in [9.17, 15) is 34.2 Å². The standard InChI is InChI=1S/C22H32N4O8/c1-3-12(2)18(22(33)34)26-20(31)15(9-13-7-5-4-6-8-13)24-21(32)16(11-27)25-19(30)14(23)10-17(28)29/h4-8,12,14-16,18,27H,3,9-11,23H2,1-2H3,(H,24,32)(H,25,30)(H,26,31)(H,28,29)(H,33,34). The highest BCUT2D eigenvalue weighted by Crippen LogP contribution is 2.10. The van der Waals surface area contributed by atoms with Crippen molar-refractivity contribution < 1.29 is 39.3 Å². The fraction of sp³-hybridized carbons (Fsp3) is 0.500. The molecule has 188 valence electrons. The van der Waals surface area contributed by atoms with Gasteiger partial charge in [-0.25, -0.2) is 4.79 Å². The lowest BCUT2D eigenvalue weighted by Crippen LogP contribution is -2.59. The van der Waals surface area contributed by atoms with Crippen molar-refractivity contribution in [1.29, 1.82) is 0 Å². The van der Waals surface area contributed by atoms with E-state index in [1.807, 2.05) is 0 Å². The van der Waals surface area contributed by atoms with Gasteiger partial charge >= 0.3 is 11.9 Å². The molecule has 34 heavy (non-hydrogen) atoms. The summed E-state index contributed by atoms with van der Waals surface area (Å²) in [6.07, 6.45) is -0.186. The molecule has 0 saturated heterocycles. The fourth-order valence-corrected chi connectivity index (χ4v) is 3.02. The summed E-state index contributed by atoms with van der Waals surface area (Å²) in [5.74, 6) is -5.57. The van der Waals surface area contributed by atoms with E-state index in [1.54, 1.807) is 44.2 Å². The summed E-state index contributed by atoms with van der Waals surface area (Å²) in [4.78, 5) is 60.1. The van der Waals surface area contributed by atoms with E-state index in [2.05, 4.69) is 16.0 Å². The number of benzene rings is 1. The minimum Gasteiger partial charge on any atom is -0.481 e. The number of hydrogen-bond donors (Lipinski definition) is 7. The Kier molecular flexibility index (Phi) is 11.7. The van der Waals surface area contributed by atoms with Crippen molar-refractivity contribution in [2.75, 3.05) is 6.61 Å². The molecule has 1 rings (SSSR count). The van der Waals surface area contributed by atoms with Gasteiger partial charge in [0.05, 0.1) is 19.1 Å². The monoisotopic (exact) mass is 480 g/mol. The SMILES string of the molecule is CCC(C)C(NC(=O)C(Cc1ccccc1)NC(=O)C(CO)NC(=O)C(N)CC(=O)O)C(=O)O. The van der Waals surface area contributed by atoms with Gasteiger partial charge in [-0.3, -0.25) is 19.2 Å². The Morgan fingerprint density at radius 3 is 1.97 bits per heavy atom. The van der Waals surface area contributed by atoms with Crippen LogP contribution in [0.25, 0.3) is 0 Å². The molecule has 0 bridgehead atoms. The molecule has 5 unspecified atom stereocenters. The van der Waals surface area contributed by atoms with Gasteiger partial charge in [0.2, 0.25) is 17.7 Å². The first-order chi connectivity index (χ1) is 16.0. The zero-order valence-electron chi connectivity index (χ0n) is 19.1. The Morgan fingerprint density at radius 1 is 0.912 bits per heavy atom. The maximum atomic E-state index is 13.0. The summed E-state index contributed by atoms with van der Waals surface area (Å²) in [6, 6.07) is 3.28. The molecule has 1 aromatic carbocycles. The lowest BCUT2D eigenvalue weighted by Gasteiger charge is -2.26. The van der Waals surface area contributed by atoms with Crippen molar-refractivity contribution in [2.45, 2.75) is 57.3 Å². The third-order valence-corrected chi connectivity index (χ3v) is 5.24. The predicted octanol–water partition coefficient (Wildman–Crippen LogP) is -1.39. The second-order valence-electron chi connectivity index (χ2n) is 7.91. The van der Waals surface area contributed by atoms with Crippen LogP contribution in [0.3, 0.4) is 0 Å². The van der Waals surface area contributed by atoms with E-state index in [1.165, 1.54) is 0 Å². The molecule has 0 aliphatic carbocycles. The molecule has 0 fully saturated rings. The van der Waals surface area contributed by atoms with Gasteiger partial charge in [0, 0.05) is 6.42 Å². The largest absolute Gasteiger partial charge is 0.481 e. The van der Waals surface area contributed by atoms with Crippen molar-refractivity contribution in [2.24, 2.45) is 11.7 Å². The number of carbonyl (C=O) groups excluding carboxylic acids is 3. The zero-order valence-corrected chi connectivity index (χ0v) is 19.1. The molecule has 0 saturated carbocycles. The van der Waals surface area contributed by atoms with Crippen LogP contribution in [0, 0.1) is 5.92 Å². The second-order valence-corrected chi connectivity index (χ2v) is 7.91. The number of carboxylic acid groups (broad SMARTS) is 2. The first-order valence-electron chi connectivity index (χ1n) is 10.8. The minimum atomic E-state index is -1.51. The van der Waals surface area contributed by atoms with Crippen molar-refractivity contribution >= 4 is 29.7 Å². The van der Waals surface area contributed by atoms with E-state index < -0.39 is 66.9 Å². The van der Waals surface area contributed by atoms with Crippen LogP contribution < -0.4 is 21.7 Å². The molecule has 0 aromatic heterocycles. The van der Waals surface area contributed by atoms with Gasteiger partial charge in [-0.2, -0.15) is 0 Å². The Balaban J connectivity index is 3.03. The van der Waals surface area contributed by atoms with Crippen molar-refractivity contribution in [3.8, 4) is 0 Å². The molecule has 12 nitrogen and oxygen atoms in total. The number of aliphatic hydroxyl groups is 1. The summed E-state index contributed by atoms with van der Waals surface area (Å²) in [6.45, 7) is 2.60. The molecule has 0 aliphatic rings. The van der Waals surface area contributed by atoms with Gasteiger partial charge in [-0.05, 0) is 11.5 Å². The predicted molar refractivity (Wildman–Crippen MR) is 120 cm³/mol. The summed E-state index contributed by atoms with van der Waals surface area (Å²) >= 11 is 0. The topological polar surface area (TPSA) is 208 Å². The number of carbonyl (C=O) groups is 5. The highest BCUT2D eigenvalue weighted by atomic mass is 16.4. The summed E-state index contributed by atoms with van der Waals surface area (Å²) < 4.78 is 0. The van der Waals surface area contributed by atoms with Crippen LogP contribution in [0.2, 0.25) is 0 Å². The van der Waals surface area contributed by atoms with Crippen LogP contribution in [0.4, 0.5) is 0 Å². The molecule has 12 heteroatoms. The van der Waals surface area contributed by atoms with E-state index in [0.717, 1.165) is 0 Å². The number of rotatable bonds is 14. The average Bonchev–Trinajstić information content (AvgIpc) is 2.79. The first kappa shape index (κ1) is 28.5. The van der Waals surface area contributed by atoms with Crippen LogP contribution in [0.15, 0.2) is 30.3 Å². The zero-order chi connectivity index (χ0) is 25.8. The molecule has 0 radical (unpaired) electrons. The molecule has 0 aliphatic heterocycles. The van der Waals surface area contributed by atoms with Crippen LogP contribution >= 0.6 is 0 Å². The number of hydrogen-bond acceptors (Lipinski definition) is 7. The molecular formula is C22H32N4O8. The number of carboxylic acids is 2. The van der Waals surface area contributed by atoms with E-state index in [-0.39, 0.29) is 12.3 Å². The molecular weight excluding hydrogens is 448 g/mol. The first-order valence-corrected chi connectivity index (χ1v) is 10.8. The lowest BCUT2D eigenvalue weighted by atomic mass is 9.98.